The summed E-state index contributed by atoms with van der Waals surface area (Å²) in [5.41, 5.74) is 0.959. The minimum atomic E-state index is -3.78. The number of rotatable bonds is 14. The minimum absolute atomic E-state index is 0.103. The van der Waals surface area contributed by atoms with Crippen LogP contribution in [0, 0.1) is 0 Å². The van der Waals surface area contributed by atoms with E-state index in [-0.39, 0.29) is 10.1 Å². The normalized spacial score (nSPS) is 11.3. The first-order chi connectivity index (χ1) is 20.4. The number of aliphatic carboxylic acids is 2. The van der Waals surface area contributed by atoms with Gasteiger partial charge in [0.15, 0.2) is 11.5 Å². The lowest BCUT2D eigenvalue weighted by atomic mass is 10.1. The van der Waals surface area contributed by atoms with Gasteiger partial charge >= 0.3 is 11.9 Å². The summed E-state index contributed by atoms with van der Waals surface area (Å²) < 4.78 is 53.4. The smallest absolute Gasteiger partial charge is 0.414 e. The van der Waals surface area contributed by atoms with Crippen LogP contribution < -0.4 is 14.2 Å². The van der Waals surface area contributed by atoms with Crippen molar-refractivity contribution in [1.29, 1.82) is 0 Å². The molecule has 1 heterocycles. The van der Waals surface area contributed by atoms with Gasteiger partial charge in [-0.05, 0) is 61.5 Å². The zero-order valence-corrected chi connectivity index (χ0v) is 25.2. The molecule has 0 atom stereocenters. The average molecular weight is 622 g/mol. The fourth-order valence-corrected chi connectivity index (χ4v) is 4.93. The molecule has 2 aromatic carbocycles. The lowest BCUT2D eigenvalue weighted by Crippen LogP contribution is -2.52. The summed E-state index contributed by atoms with van der Waals surface area (Å²) in [6.07, 6.45) is 3.92. The van der Waals surface area contributed by atoms with Crippen molar-refractivity contribution in [2.24, 2.45) is 0 Å². The Labute approximate surface area is 249 Å². The molecule has 15 heteroatoms. The van der Waals surface area contributed by atoms with Gasteiger partial charge in [-0.2, -0.15) is 0 Å². The molecule has 0 aliphatic heterocycles. The van der Waals surface area contributed by atoms with E-state index in [4.69, 9.17) is 43.5 Å². The highest BCUT2D eigenvalue weighted by molar-refractivity contribution is 7.91. The molecular formula is C28H35N3O11S. The Kier molecular flexibility index (Phi) is 13.3. The molecule has 0 spiro atoms. The zero-order valence-electron chi connectivity index (χ0n) is 24.4. The Bertz CT molecular complexity index is 1420. The fraction of sp³-hybridized carbons (Fsp3) is 0.357. The Morgan fingerprint density at radius 2 is 1.47 bits per heavy atom. The van der Waals surface area contributed by atoms with Crippen molar-refractivity contribution >= 4 is 21.8 Å². The fourth-order valence-electron chi connectivity index (χ4n) is 3.83. The Balaban J connectivity index is 0.000000973. The molecule has 14 nitrogen and oxygen atoms in total. The number of methoxy groups -OCH3 is 4. The highest BCUT2D eigenvalue weighted by Crippen LogP contribution is 2.31. The molecule has 0 aliphatic rings. The number of nitrogens with zero attached hydrogens (tertiary/aromatic N) is 3. The van der Waals surface area contributed by atoms with E-state index in [2.05, 4.69) is 9.97 Å². The number of hydrogen-bond donors (Lipinski definition) is 2. The molecule has 0 saturated heterocycles. The van der Waals surface area contributed by atoms with Crippen LogP contribution in [0.25, 0.3) is 0 Å². The maximum Gasteiger partial charge on any atom is 0.414 e. The molecule has 3 aromatic rings. The van der Waals surface area contributed by atoms with Crippen LogP contribution in [-0.2, 0) is 35.3 Å². The van der Waals surface area contributed by atoms with Crippen LogP contribution in [0.2, 0.25) is 0 Å². The molecule has 43 heavy (non-hydrogen) atoms. The quantitative estimate of drug-likeness (QED) is 0.116. The molecule has 0 fully saturated rings. The van der Waals surface area contributed by atoms with Gasteiger partial charge in [-0.1, -0.05) is 6.07 Å². The Hall–Kier alpha value is -4.31. The van der Waals surface area contributed by atoms with Crippen molar-refractivity contribution in [2.45, 2.75) is 28.8 Å². The van der Waals surface area contributed by atoms with Crippen molar-refractivity contribution < 1.29 is 51.9 Å². The second-order valence-corrected chi connectivity index (χ2v) is 10.6. The van der Waals surface area contributed by atoms with E-state index >= 15 is 0 Å². The van der Waals surface area contributed by atoms with Gasteiger partial charge in [-0.15, -0.1) is 0 Å². The van der Waals surface area contributed by atoms with Gasteiger partial charge in [0.05, 0.1) is 25.7 Å². The van der Waals surface area contributed by atoms with Crippen LogP contribution in [0.3, 0.4) is 0 Å². The van der Waals surface area contributed by atoms with Gasteiger partial charge in [-0.3, -0.25) is 4.90 Å². The van der Waals surface area contributed by atoms with Gasteiger partial charge in [0, 0.05) is 39.6 Å². The van der Waals surface area contributed by atoms with Crippen LogP contribution in [-0.4, -0.2) is 100.0 Å². The number of carbonyl (C=O) groups is 2. The van der Waals surface area contributed by atoms with Crippen LogP contribution in [0.1, 0.15) is 12.0 Å². The topological polar surface area (TPSA) is 184 Å². The van der Waals surface area contributed by atoms with Crippen molar-refractivity contribution in [1.82, 2.24) is 14.9 Å². The molecule has 0 amide bonds. The zero-order chi connectivity index (χ0) is 32.0. The molecule has 3 rings (SSSR count). The third-order valence-corrected chi connectivity index (χ3v) is 7.69. The van der Waals surface area contributed by atoms with Gasteiger partial charge in [-0.25, -0.2) is 28.0 Å². The Morgan fingerprint density at radius 3 is 1.98 bits per heavy atom. The van der Waals surface area contributed by atoms with Crippen molar-refractivity contribution in [3.8, 4) is 17.2 Å². The number of carboxylic acids is 2. The van der Waals surface area contributed by atoms with Gasteiger partial charge in [0.1, 0.15) is 5.75 Å². The molecular weight excluding hydrogens is 586 g/mol. The molecule has 1 aromatic heterocycles. The molecule has 0 radical (unpaired) electrons. The van der Waals surface area contributed by atoms with E-state index in [0.29, 0.717) is 43.2 Å². The average Bonchev–Trinajstić information content (AvgIpc) is 3.02. The van der Waals surface area contributed by atoms with E-state index < -0.39 is 27.7 Å². The largest absolute Gasteiger partial charge is 0.494 e. The summed E-state index contributed by atoms with van der Waals surface area (Å²) in [5, 5.41) is 14.5. The molecule has 234 valence electrons. The number of hydrogen-bond acceptors (Lipinski definition) is 12. The highest BCUT2D eigenvalue weighted by atomic mass is 32.2. The summed E-state index contributed by atoms with van der Waals surface area (Å²) in [7, 11) is 4.54. The number of ether oxygens (including phenoxy) is 5. The summed E-state index contributed by atoms with van der Waals surface area (Å²) in [4.78, 5) is 27.9. The molecule has 0 saturated carbocycles. The van der Waals surface area contributed by atoms with Crippen molar-refractivity contribution in [2.75, 3.05) is 48.6 Å². The molecule has 0 bridgehead atoms. The standard InChI is InChI=1S/C26H33N3O7S.C2H2O4/c1-29(26(34-4,35-5)19-20-8-13-23(32-2)24(18-20)33-3)16-7-17-36-21-9-11-22(12-10-21)37(30,31)25-27-14-6-15-28-25;3-1(4)2(5)6/h6,8-15,18H,7,16-17,19H2,1-5H3;(H,3,4)(H,5,6). The summed E-state index contributed by atoms with van der Waals surface area (Å²) in [6.45, 7) is 1.03. The van der Waals surface area contributed by atoms with Crippen LogP contribution in [0.4, 0.5) is 0 Å². The van der Waals surface area contributed by atoms with Crippen molar-refractivity contribution in [3.63, 3.8) is 0 Å². The first-order valence-corrected chi connectivity index (χ1v) is 14.2. The predicted octanol–water partition coefficient (Wildman–Crippen LogP) is 2.37. The van der Waals surface area contributed by atoms with E-state index in [1.807, 2.05) is 30.1 Å². The number of carboxylic acid groups (broad SMARTS) is 2. The van der Waals surface area contributed by atoms with E-state index in [1.165, 1.54) is 24.5 Å². The predicted molar refractivity (Wildman–Crippen MR) is 152 cm³/mol. The van der Waals surface area contributed by atoms with Gasteiger partial charge in [0.2, 0.25) is 15.7 Å². The lowest BCUT2D eigenvalue weighted by molar-refractivity contribution is -0.288. The second kappa shape index (κ2) is 16.4. The van der Waals surface area contributed by atoms with Crippen LogP contribution in [0.15, 0.2) is 71.0 Å². The van der Waals surface area contributed by atoms with Crippen LogP contribution >= 0.6 is 0 Å². The maximum atomic E-state index is 12.6. The van der Waals surface area contributed by atoms with Crippen molar-refractivity contribution in [3.05, 3.63) is 66.5 Å². The third-order valence-electron chi connectivity index (χ3n) is 6.10. The summed E-state index contributed by atoms with van der Waals surface area (Å²) >= 11 is 0. The maximum absolute atomic E-state index is 12.6. The monoisotopic (exact) mass is 621 g/mol. The van der Waals surface area contributed by atoms with Crippen LogP contribution in [0.5, 0.6) is 17.2 Å². The summed E-state index contributed by atoms with van der Waals surface area (Å²) in [6, 6.07) is 13.5. The second-order valence-electron chi connectivity index (χ2n) is 8.73. The number of likely N-dealkylation sites (N-methyl/N-ethyl adjacent to an activating group) is 1. The number of sulfone groups is 1. The van der Waals surface area contributed by atoms with E-state index in [1.54, 1.807) is 46.6 Å². The number of aromatic nitrogens is 2. The van der Waals surface area contributed by atoms with E-state index in [0.717, 1.165) is 5.56 Å². The highest BCUT2D eigenvalue weighted by Gasteiger charge is 2.35. The van der Waals surface area contributed by atoms with Gasteiger partial charge < -0.3 is 33.9 Å². The Morgan fingerprint density at radius 1 is 0.884 bits per heavy atom. The minimum Gasteiger partial charge on any atom is -0.494 e. The number of benzene rings is 2. The molecule has 0 unspecified atom stereocenters. The van der Waals surface area contributed by atoms with Gasteiger partial charge in [0.25, 0.3) is 5.16 Å². The molecule has 2 N–H and O–H groups in total. The molecule has 0 aliphatic carbocycles. The first kappa shape index (κ1) is 34.9. The first-order valence-electron chi connectivity index (χ1n) is 12.7. The third kappa shape index (κ3) is 9.61. The lowest BCUT2D eigenvalue weighted by Gasteiger charge is -2.39. The summed E-state index contributed by atoms with van der Waals surface area (Å²) in [5.74, 6) is -2.80. The van der Waals surface area contributed by atoms with E-state index in [9.17, 15) is 8.42 Å². The SMILES string of the molecule is COc1ccc(CC(OC)(OC)N(C)CCCOc2ccc(S(=O)(=O)c3ncccn3)cc2)cc1OC.O=C(O)C(=O)O.